The van der Waals surface area contributed by atoms with E-state index in [4.69, 9.17) is 11.2 Å². The van der Waals surface area contributed by atoms with Crippen molar-refractivity contribution in [2.45, 2.75) is 26.7 Å². The van der Waals surface area contributed by atoms with Crippen molar-refractivity contribution in [2.24, 2.45) is 20.5 Å². The van der Waals surface area contributed by atoms with Crippen LogP contribution in [0.1, 0.15) is 24.0 Å². The zero-order valence-corrected chi connectivity index (χ0v) is 20.8. The minimum atomic E-state index is -0.470. The number of nitrogens with zero attached hydrogens (tertiary/aromatic N) is 6. The van der Waals surface area contributed by atoms with E-state index in [1.807, 2.05) is 38.2 Å². The molecule has 0 aliphatic rings. The van der Waals surface area contributed by atoms with Crippen LogP contribution in [0.15, 0.2) is 75.1 Å². The zero-order chi connectivity index (χ0) is 26.1. The molecule has 0 spiro atoms. The van der Waals surface area contributed by atoms with Crippen LogP contribution in [-0.2, 0) is 0 Å². The van der Waals surface area contributed by atoms with Crippen LogP contribution >= 0.6 is 0 Å². The van der Waals surface area contributed by atoms with Crippen LogP contribution in [0.3, 0.4) is 0 Å². The normalized spacial score (nSPS) is 11.1. The van der Waals surface area contributed by atoms with Crippen molar-refractivity contribution >= 4 is 34.1 Å². The Morgan fingerprint density at radius 2 is 1.67 bits per heavy atom. The number of benzene rings is 3. The van der Waals surface area contributed by atoms with Gasteiger partial charge in [0.05, 0.1) is 23.4 Å². The molecule has 0 bridgehead atoms. The van der Waals surface area contributed by atoms with Crippen LogP contribution < -0.4 is 9.64 Å². The van der Waals surface area contributed by atoms with Crippen molar-refractivity contribution in [3.8, 4) is 18.1 Å². The van der Waals surface area contributed by atoms with Crippen molar-refractivity contribution < 1.29 is 9.66 Å². The molecule has 9 nitrogen and oxygen atoms in total. The minimum absolute atomic E-state index is 0.0985. The predicted octanol–water partition coefficient (Wildman–Crippen LogP) is 7.90. The van der Waals surface area contributed by atoms with Gasteiger partial charge in [0.1, 0.15) is 11.4 Å². The van der Waals surface area contributed by atoms with E-state index in [0.717, 1.165) is 36.2 Å². The number of hydrogen-bond donors (Lipinski definition) is 0. The highest BCUT2D eigenvalue weighted by Gasteiger charge is 2.14. The first-order chi connectivity index (χ1) is 17.3. The van der Waals surface area contributed by atoms with Gasteiger partial charge in [0.2, 0.25) is 0 Å². The maximum atomic E-state index is 11.3. The second-order valence-corrected chi connectivity index (χ2v) is 8.21. The summed E-state index contributed by atoms with van der Waals surface area (Å²) in [6.07, 6.45) is 7.01. The molecule has 0 atom stereocenters. The number of nitro groups is 1. The third-order valence-corrected chi connectivity index (χ3v) is 5.47. The van der Waals surface area contributed by atoms with E-state index in [0.29, 0.717) is 22.8 Å². The third-order valence-electron chi connectivity index (χ3n) is 5.47. The van der Waals surface area contributed by atoms with Gasteiger partial charge in [-0.3, -0.25) is 10.1 Å². The van der Waals surface area contributed by atoms with Gasteiger partial charge in [-0.05, 0) is 67.8 Å². The minimum Gasteiger partial charge on any atom is -0.494 e. The number of unbranched alkanes of at least 4 members (excludes halogenated alkanes) is 1. The Labute approximate surface area is 210 Å². The number of azo groups is 2. The van der Waals surface area contributed by atoms with Gasteiger partial charge in [-0.25, -0.2) is 0 Å². The summed E-state index contributed by atoms with van der Waals surface area (Å²) in [7, 11) is 3.55. The van der Waals surface area contributed by atoms with Crippen LogP contribution in [0.4, 0.5) is 34.1 Å². The van der Waals surface area contributed by atoms with E-state index in [2.05, 4.69) is 31.3 Å². The number of aryl methyl sites for hydroxylation is 2. The Bertz CT molecular complexity index is 1330. The highest BCUT2D eigenvalue weighted by atomic mass is 16.6. The number of hydrogen-bond acceptors (Lipinski definition) is 8. The van der Waals surface area contributed by atoms with Gasteiger partial charge < -0.3 is 9.64 Å². The number of methoxy groups -OCH3 is 1. The molecule has 3 aromatic carbocycles. The molecule has 0 saturated heterocycles. The van der Waals surface area contributed by atoms with E-state index in [1.54, 1.807) is 31.2 Å². The van der Waals surface area contributed by atoms with Gasteiger partial charge in [0.15, 0.2) is 5.69 Å². The van der Waals surface area contributed by atoms with Gasteiger partial charge in [-0.1, -0.05) is 6.07 Å². The van der Waals surface area contributed by atoms with E-state index in [9.17, 15) is 10.1 Å². The van der Waals surface area contributed by atoms with Crippen molar-refractivity contribution in [2.75, 3.05) is 25.6 Å². The second-order valence-electron chi connectivity index (χ2n) is 8.21. The summed E-state index contributed by atoms with van der Waals surface area (Å²) in [5.74, 6) is 3.11. The number of anilines is 1. The summed E-state index contributed by atoms with van der Waals surface area (Å²) in [5, 5.41) is 28.4. The summed E-state index contributed by atoms with van der Waals surface area (Å²) in [5.41, 5.74) is 4.44. The van der Waals surface area contributed by atoms with E-state index >= 15 is 0 Å². The van der Waals surface area contributed by atoms with Crippen molar-refractivity contribution in [3.63, 3.8) is 0 Å². The lowest BCUT2D eigenvalue weighted by molar-refractivity contribution is -0.384. The maximum absolute atomic E-state index is 11.3. The van der Waals surface area contributed by atoms with Crippen LogP contribution in [0, 0.1) is 36.3 Å². The fourth-order valence-corrected chi connectivity index (χ4v) is 3.42. The van der Waals surface area contributed by atoms with Crippen LogP contribution in [0.25, 0.3) is 0 Å². The highest BCUT2D eigenvalue weighted by molar-refractivity contribution is 5.64. The van der Waals surface area contributed by atoms with Gasteiger partial charge >= 0.3 is 0 Å². The number of rotatable bonds is 10. The van der Waals surface area contributed by atoms with Crippen LogP contribution in [0.2, 0.25) is 0 Å². The SMILES string of the molecule is C#CCCCN(C)c1ccc(N=Nc2cc(C)c(N=Nc3ccc(C)cc3[N+](=O)[O-])cc2OC)cc1. The molecule has 0 aromatic heterocycles. The lowest BCUT2D eigenvalue weighted by Gasteiger charge is -2.18. The fourth-order valence-electron chi connectivity index (χ4n) is 3.42. The molecular formula is C27H28N6O3. The van der Waals surface area contributed by atoms with E-state index in [-0.39, 0.29) is 11.4 Å². The lowest BCUT2D eigenvalue weighted by atomic mass is 10.1. The summed E-state index contributed by atoms with van der Waals surface area (Å²) in [4.78, 5) is 13.0. The average Bonchev–Trinajstić information content (AvgIpc) is 2.87. The number of ether oxygens (including phenoxy) is 1. The van der Waals surface area contributed by atoms with Gasteiger partial charge in [-0.2, -0.15) is 5.11 Å². The zero-order valence-electron chi connectivity index (χ0n) is 20.8. The third kappa shape index (κ3) is 6.73. The summed E-state index contributed by atoms with van der Waals surface area (Å²) in [6.45, 7) is 4.51. The van der Waals surface area contributed by atoms with Crippen molar-refractivity contribution in [1.82, 2.24) is 0 Å². The molecule has 0 aliphatic heterocycles. The molecule has 36 heavy (non-hydrogen) atoms. The first kappa shape index (κ1) is 26.0. The molecule has 9 heteroatoms. The molecule has 0 heterocycles. The van der Waals surface area contributed by atoms with Gasteiger partial charge in [0, 0.05) is 37.8 Å². The Hall–Kier alpha value is -4.58. The maximum Gasteiger partial charge on any atom is 0.296 e. The quantitative estimate of drug-likeness (QED) is 0.0958. The molecule has 3 aromatic rings. The molecule has 3 rings (SSSR count). The smallest absolute Gasteiger partial charge is 0.296 e. The van der Waals surface area contributed by atoms with E-state index in [1.165, 1.54) is 13.2 Å². The van der Waals surface area contributed by atoms with Crippen LogP contribution in [0.5, 0.6) is 5.75 Å². The van der Waals surface area contributed by atoms with Gasteiger partial charge in [-0.15, -0.1) is 27.7 Å². The molecule has 0 N–H and O–H groups in total. The molecule has 184 valence electrons. The second kappa shape index (κ2) is 12.2. The predicted molar refractivity (Wildman–Crippen MR) is 142 cm³/mol. The Kier molecular flexibility index (Phi) is 8.84. The molecule has 0 aliphatic carbocycles. The van der Waals surface area contributed by atoms with Crippen LogP contribution in [-0.4, -0.2) is 25.6 Å². The number of nitro benzene ring substituents is 1. The molecule has 0 radical (unpaired) electrons. The fraction of sp³-hybridized carbons (Fsp3) is 0.259. The van der Waals surface area contributed by atoms with Crippen molar-refractivity contribution in [3.05, 3.63) is 75.8 Å². The first-order valence-corrected chi connectivity index (χ1v) is 11.3. The topological polar surface area (TPSA) is 105 Å². The summed E-state index contributed by atoms with van der Waals surface area (Å²) < 4.78 is 5.47. The summed E-state index contributed by atoms with van der Waals surface area (Å²) in [6, 6.07) is 16.0. The Morgan fingerprint density at radius 3 is 2.33 bits per heavy atom. The molecule has 0 unspecified atom stereocenters. The van der Waals surface area contributed by atoms with Crippen molar-refractivity contribution in [1.29, 1.82) is 0 Å². The molecular weight excluding hydrogens is 456 g/mol. The lowest BCUT2D eigenvalue weighted by Crippen LogP contribution is -2.17. The Balaban J connectivity index is 1.79. The Morgan fingerprint density at radius 1 is 0.972 bits per heavy atom. The monoisotopic (exact) mass is 484 g/mol. The first-order valence-electron chi connectivity index (χ1n) is 11.3. The molecule has 0 amide bonds. The van der Waals surface area contributed by atoms with Gasteiger partial charge in [0.25, 0.3) is 5.69 Å². The molecule has 0 saturated carbocycles. The van der Waals surface area contributed by atoms with E-state index < -0.39 is 4.92 Å². The number of terminal acetylenes is 1. The molecule has 0 fully saturated rings. The highest BCUT2D eigenvalue weighted by Crippen LogP contribution is 2.37. The average molecular weight is 485 g/mol. The summed E-state index contributed by atoms with van der Waals surface area (Å²) >= 11 is 0. The largest absolute Gasteiger partial charge is 0.494 e. The standard InChI is InChI=1S/C27H28N6O3/c1-6-7-8-15-32(4)22-12-10-21(11-13-22)28-31-25-17-20(3)24(18-27(25)36-5)30-29-23-14-9-19(2)16-26(23)33(34)35/h1,9-14,16-18H,7-8,15H2,2-5H3.